The lowest BCUT2D eigenvalue weighted by atomic mass is 9.88. The number of hydrogen-bond acceptors (Lipinski definition) is 1. The Morgan fingerprint density at radius 2 is 1.87 bits per heavy atom. The Balaban J connectivity index is 0.000000595. The van der Waals surface area contributed by atoms with E-state index in [1.807, 2.05) is 25.3 Å². The van der Waals surface area contributed by atoms with Gasteiger partial charge in [-0.2, -0.15) is 0 Å². The molecule has 0 fully saturated rings. The maximum absolute atomic E-state index is 14.0. The van der Waals surface area contributed by atoms with Gasteiger partial charge in [-0.15, -0.1) is 0 Å². The van der Waals surface area contributed by atoms with Crippen molar-refractivity contribution in [3.63, 3.8) is 0 Å². The highest BCUT2D eigenvalue weighted by Crippen LogP contribution is 2.34. The molecule has 0 saturated heterocycles. The first kappa shape index (κ1) is 16.7. The first-order valence-electron chi connectivity index (χ1n) is 7.21. The van der Waals surface area contributed by atoms with E-state index in [4.69, 9.17) is 9.90 Å². The number of benzene rings is 2. The lowest BCUT2D eigenvalue weighted by Crippen LogP contribution is -2.01. The van der Waals surface area contributed by atoms with E-state index in [-0.39, 0.29) is 24.0 Å². The Labute approximate surface area is 132 Å². The molecule has 0 spiro atoms. The van der Waals surface area contributed by atoms with Crippen LogP contribution in [0.25, 0.3) is 10.9 Å². The topological polar surface area (TPSA) is 53.1 Å². The Bertz CT molecular complexity index is 799. The summed E-state index contributed by atoms with van der Waals surface area (Å²) in [7, 11) is 0. The third-order valence-electron chi connectivity index (χ3n) is 3.74. The number of nitrogens with one attached hydrogen (secondary N) is 1. The molecule has 1 heterocycles. The number of hydrogen-bond donors (Lipinski definition) is 2. The van der Waals surface area contributed by atoms with E-state index in [1.54, 1.807) is 12.1 Å². The summed E-state index contributed by atoms with van der Waals surface area (Å²) < 4.78 is 27.2. The maximum atomic E-state index is 14.0. The average Bonchev–Trinajstić information content (AvgIpc) is 2.94. The van der Waals surface area contributed by atoms with Crippen molar-refractivity contribution in [2.45, 2.75) is 19.3 Å². The minimum atomic E-state index is -0.273. The average molecular weight is 317 g/mol. The molecule has 2 aromatic carbocycles. The second kappa shape index (κ2) is 7.54. The molecule has 0 bridgehead atoms. The molecule has 1 aromatic heterocycles. The minimum Gasteiger partial charge on any atom is -0.483 e. The van der Waals surface area contributed by atoms with Crippen molar-refractivity contribution in [3.8, 4) is 0 Å². The standard InChI is InChI=1S/C17H15F2N.CH2O2/c1-2-12(13-5-3-4-6-16(13)19)15-10-20-17-9-11(18)7-8-14(15)17;2-1-3/h3-10,12,20H,2H2,1H3;1H,(H,2,3). The molecule has 3 rings (SSSR count). The molecule has 23 heavy (non-hydrogen) atoms. The van der Waals surface area contributed by atoms with Gasteiger partial charge in [-0.1, -0.05) is 25.1 Å². The quantitative estimate of drug-likeness (QED) is 0.689. The zero-order valence-electron chi connectivity index (χ0n) is 12.6. The molecule has 0 radical (unpaired) electrons. The molecule has 1 unspecified atom stereocenters. The molecular formula is C18H17F2NO2. The zero-order valence-corrected chi connectivity index (χ0v) is 12.6. The smallest absolute Gasteiger partial charge is 0.290 e. The summed E-state index contributed by atoms with van der Waals surface area (Å²) >= 11 is 0. The van der Waals surface area contributed by atoms with Gasteiger partial charge >= 0.3 is 0 Å². The van der Waals surface area contributed by atoms with Crippen LogP contribution in [0.2, 0.25) is 0 Å². The Morgan fingerprint density at radius 3 is 2.52 bits per heavy atom. The van der Waals surface area contributed by atoms with Gasteiger partial charge < -0.3 is 10.1 Å². The summed E-state index contributed by atoms with van der Waals surface area (Å²) in [5, 5.41) is 7.83. The minimum absolute atomic E-state index is 0.0320. The molecule has 3 nitrogen and oxygen atoms in total. The SMILES string of the molecule is CCC(c1ccccc1F)c1c[nH]c2cc(F)ccc12.O=CO. The first-order chi connectivity index (χ1) is 11.1. The van der Waals surface area contributed by atoms with Crippen molar-refractivity contribution < 1.29 is 18.7 Å². The number of aromatic nitrogens is 1. The molecule has 0 aliphatic heterocycles. The van der Waals surface area contributed by atoms with Crippen molar-refractivity contribution in [1.29, 1.82) is 0 Å². The van der Waals surface area contributed by atoms with Crippen LogP contribution in [0.4, 0.5) is 8.78 Å². The number of rotatable bonds is 3. The predicted molar refractivity (Wildman–Crippen MR) is 85.5 cm³/mol. The van der Waals surface area contributed by atoms with Gasteiger partial charge in [-0.25, -0.2) is 8.78 Å². The van der Waals surface area contributed by atoms with Gasteiger partial charge in [0.25, 0.3) is 6.47 Å². The molecule has 1 atom stereocenters. The molecule has 0 saturated carbocycles. The van der Waals surface area contributed by atoms with Crippen LogP contribution in [0.1, 0.15) is 30.4 Å². The highest BCUT2D eigenvalue weighted by molar-refractivity contribution is 5.84. The molecular weight excluding hydrogens is 300 g/mol. The summed E-state index contributed by atoms with van der Waals surface area (Å²) in [6.07, 6.45) is 2.63. The van der Waals surface area contributed by atoms with Crippen LogP contribution in [0.15, 0.2) is 48.7 Å². The molecule has 120 valence electrons. The molecule has 3 aromatic rings. The summed E-state index contributed by atoms with van der Waals surface area (Å²) in [5.41, 5.74) is 2.43. The Morgan fingerprint density at radius 1 is 1.17 bits per heavy atom. The van der Waals surface area contributed by atoms with E-state index < -0.39 is 0 Å². The van der Waals surface area contributed by atoms with Crippen molar-refractivity contribution in [3.05, 3.63) is 71.4 Å². The fourth-order valence-corrected chi connectivity index (χ4v) is 2.77. The van der Waals surface area contributed by atoms with Crippen molar-refractivity contribution in [2.75, 3.05) is 0 Å². The van der Waals surface area contributed by atoms with Gasteiger partial charge in [-0.3, -0.25) is 4.79 Å². The van der Waals surface area contributed by atoms with Crippen LogP contribution >= 0.6 is 0 Å². The second-order valence-electron chi connectivity index (χ2n) is 5.02. The van der Waals surface area contributed by atoms with Gasteiger partial charge in [0.1, 0.15) is 11.6 Å². The van der Waals surface area contributed by atoms with Crippen molar-refractivity contribution >= 4 is 17.4 Å². The molecule has 2 N–H and O–H groups in total. The van der Waals surface area contributed by atoms with Gasteiger partial charge in [0, 0.05) is 23.0 Å². The van der Waals surface area contributed by atoms with Crippen LogP contribution in [-0.4, -0.2) is 16.6 Å². The third-order valence-corrected chi connectivity index (χ3v) is 3.74. The number of aromatic amines is 1. The fraction of sp³-hybridized carbons (Fsp3) is 0.167. The summed E-state index contributed by atoms with van der Waals surface area (Å²) in [6, 6.07) is 11.5. The molecule has 0 amide bonds. The monoisotopic (exact) mass is 317 g/mol. The second-order valence-corrected chi connectivity index (χ2v) is 5.02. The summed E-state index contributed by atoms with van der Waals surface area (Å²) in [5.74, 6) is -0.504. The van der Waals surface area contributed by atoms with Crippen molar-refractivity contribution in [1.82, 2.24) is 4.98 Å². The molecule has 0 aliphatic rings. The number of halogens is 2. The van der Waals surface area contributed by atoms with E-state index in [1.165, 1.54) is 18.2 Å². The van der Waals surface area contributed by atoms with E-state index in [0.717, 1.165) is 22.9 Å². The molecule has 5 heteroatoms. The number of carbonyl (C=O) groups is 1. The first-order valence-corrected chi connectivity index (χ1v) is 7.21. The third kappa shape index (κ3) is 3.56. The lowest BCUT2D eigenvalue weighted by Gasteiger charge is -2.15. The van der Waals surface area contributed by atoms with Crippen LogP contribution in [0.3, 0.4) is 0 Å². The largest absolute Gasteiger partial charge is 0.483 e. The lowest BCUT2D eigenvalue weighted by molar-refractivity contribution is -0.122. The number of H-pyrrole nitrogens is 1. The number of carboxylic acid groups (broad SMARTS) is 1. The van der Waals surface area contributed by atoms with Crippen LogP contribution < -0.4 is 0 Å². The Kier molecular flexibility index (Phi) is 5.46. The Hall–Kier alpha value is -2.69. The van der Waals surface area contributed by atoms with Gasteiger partial charge in [0.2, 0.25) is 0 Å². The van der Waals surface area contributed by atoms with E-state index in [2.05, 4.69) is 4.98 Å². The van der Waals surface area contributed by atoms with Gasteiger partial charge in [0.15, 0.2) is 0 Å². The molecule has 0 aliphatic carbocycles. The van der Waals surface area contributed by atoms with E-state index in [9.17, 15) is 8.78 Å². The highest BCUT2D eigenvalue weighted by atomic mass is 19.1. The fourth-order valence-electron chi connectivity index (χ4n) is 2.77. The van der Waals surface area contributed by atoms with Crippen LogP contribution in [-0.2, 0) is 4.79 Å². The van der Waals surface area contributed by atoms with Gasteiger partial charge in [-0.05, 0) is 41.8 Å². The maximum Gasteiger partial charge on any atom is 0.290 e. The summed E-state index contributed by atoms with van der Waals surface area (Å²) in [6.45, 7) is 1.78. The van der Waals surface area contributed by atoms with Gasteiger partial charge in [0.05, 0.1) is 0 Å². The van der Waals surface area contributed by atoms with E-state index >= 15 is 0 Å². The van der Waals surface area contributed by atoms with E-state index in [0.29, 0.717) is 5.56 Å². The summed E-state index contributed by atoms with van der Waals surface area (Å²) in [4.78, 5) is 11.4. The van der Waals surface area contributed by atoms with Crippen LogP contribution in [0.5, 0.6) is 0 Å². The van der Waals surface area contributed by atoms with Crippen molar-refractivity contribution in [2.24, 2.45) is 0 Å². The zero-order chi connectivity index (χ0) is 16.8. The number of fused-ring (bicyclic) bond motifs is 1. The van der Waals surface area contributed by atoms with Crippen LogP contribution in [0, 0.1) is 11.6 Å². The predicted octanol–water partition coefficient (Wildman–Crippen LogP) is 4.69. The highest BCUT2D eigenvalue weighted by Gasteiger charge is 2.19. The normalized spacial score (nSPS) is 11.6.